The van der Waals surface area contributed by atoms with Gasteiger partial charge in [-0.15, -0.1) is 0 Å². The second kappa shape index (κ2) is 7.26. The predicted molar refractivity (Wildman–Crippen MR) is 103 cm³/mol. The molecule has 0 aromatic heterocycles. The number of hydrogen-bond donors (Lipinski definition) is 1. The topological polar surface area (TPSA) is 30.0 Å². The second-order valence-corrected chi connectivity index (χ2v) is 8.43. The van der Waals surface area contributed by atoms with Crippen LogP contribution in [-0.4, -0.2) is 65.8 Å². The Bertz CT molecular complexity index is 599. The van der Waals surface area contributed by atoms with Crippen LogP contribution in [0.15, 0.2) is 18.2 Å². The van der Waals surface area contributed by atoms with E-state index in [0.717, 1.165) is 32.6 Å². The lowest BCUT2D eigenvalue weighted by atomic mass is 10.0. The van der Waals surface area contributed by atoms with Crippen LogP contribution in [0.3, 0.4) is 0 Å². The van der Waals surface area contributed by atoms with Crippen molar-refractivity contribution in [3.05, 3.63) is 29.3 Å². The SMILES string of the molecule is Cc1cc(N2CCCCC2)ccc1CN1C[C@H]2C[C@@H](O)CN2C[C@@H]1C. The molecule has 0 amide bonds. The van der Waals surface area contributed by atoms with Gasteiger partial charge in [-0.25, -0.2) is 0 Å². The zero-order valence-corrected chi connectivity index (χ0v) is 15.8. The van der Waals surface area contributed by atoms with Gasteiger partial charge >= 0.3 is 0 Å². The molecule has 0 saturated carbocycles. The molecule has 3 heterocycles. The maximum Gasteiger partial charge on any atom is 0.0682 e. The summed E-state index contributed by atoms with van der Waals surface area (Å²) in [7, 11) is 0. The Kier molecular flexibility index (Phi) is 5.03. The van der Waals surface area contributed by atoms with E-state index in [1.807, 2.05) is 0 Å². The minimum atomic E-state index is -0.122. The highest BCUT2D eigenvalue weighted by Crippen LogP contribution is 2.28. The first-order chi connectivity index (χ1) is 12.1. The number of nitrogens with zero attached hydrogens (tertiary/aromatic N) is 3. The van der Waals surface area contributed by atoms with Crippen LogP contribution >= 0.6 is 0 Å². The summed E-state index contributed by atoms with van der Waals surface area (Å²) in [5.74, 6) is 0. The average Bonchev–Trinajstić information content (AvgIpc) is 2.96. The highest BCUT2D eigenvalue weighted by molar-refractivity contribution is 5.51. The number of aliphatic hydroxyl groups excluding tert-OH is 1. The van der Waals surface area contributed by atoms with Gasteiger partial charge in [0.1, 0.15) is 0 Å². The Hall–Kier alpha value is -1.10. The quantitative estimate of drug-likeness (QED) is 0.914. The van der Waals surface area contributed by atoms with Crippen LogP contribution in [-0.2, 0) is 6.54 Å². The summed E-state index contributed by atoms with van der Waals surface area (Å²) in [5, 5.41) is 9.96. The lowest BCUT2D eigenvalue weighted by Gasteiger charge is -2.42. The summed E-state index contributed by atoms with van der Waals surface area (Å²) in [5.41, 5.74) is 4.28. The van der Waals surface area contributed by atoms with Crippen LogP contribution in [0.25, 0.3) is 0 Å². The van der Waals surface area contributed by atoms with Crippen LogP contribution < -0.4 is 4.90 Å². The Morgan fingerprint density at radius 3 is 2.64 bits per heavy atom. The summed E-state index contributed by atoms with van der Waals surface area (Å²) in [6.07, 6.45) is 4.86. The molecule has 0 aliphatic carbocycles. The van der Waals surface area contributed by atoms with E-state index in [1.165, 1.54) is 49.2 Å². The van der Waals surface area contributed by atoms with Gasteiger partial charge in [-0.05, 0) is 62.8 Å². The number of anilines is 1. The van der Waals surface area contributed by atoms with Crippen LogP contribution in [0.1, 0.15) is 43.7 Å². The molecule has 0 radical (unpaired) electrons. The number of piperazine rings is 1. The fraction of sp³-hybridized carbons (Fsp3) is 0.714. The highest BCUT2D eigenvalue weighted by atomic mass is 16.3. The van der Waals surface area contributed by atoms with Crippen molar-refractivity contribution in [1.29, 1.82) is 0 Å². The van der Waals surface area contributed by atoms with Gasteiger partial charge in [0.25, 0.3) is 0 Å². The minimum absolute atomic E-state index is 0.122. The Morgan fingerprint density at radius 1 is 1.08 bits per heavy atom. The molecule has 3 fully saturated rings. The third-order valence-electron chi connectivity index (χ3n) is 6.49. The first-order valence-corrected chi connectivity index (χ1v) is 10.1. The van der Waals surface area contributed by atoms with Crippen LogP contribution in [0, 0.1) is 6.92 Å². The molecule has 0 spiro atoms. The van der Waals surface area contributed by atoms with E-state index in [-0.39, 0.29) is 6.10 Å². The molecular formula is C21H33N3O. The van der Waals surface area contributed by atoms with Gasteiger partial charge in [0.05, 0.1) is 6.10 Å². The first kappa shape index (κ1) is 17.3. The van der Waals surface area contributed by atoms with Gasteiger partial charge in [0.2, 0.25) is 0 Å². The zero-order chi connectivity index (χ0) is 17.4. The summed E-state index contributed by atoms with van der Waals surface area (Å²) >= 11 is 0. The highest BCUT2D eigenvalue weighted by Gasteiger charge is 2.38. The van der Waals surface area contributed by atoms with E-state index in [1.54, 1.807) is 0 Å². The predicted octanol–water partition coefficient (Wildman–Crippen LogP) is 2.62. The summed E-state index contributed by atoms with van der Waals surface area (Å²) in [6.45, 7) is 11.1. The smallest absolute Gasteiger partial charge is 0.0682 e. The van der Waals surface area contributed by atoms with Gasteiger partial charge in [0, 0.05) is 57.0 Å². The van der Waals surface area contributed by atoms with Gasteiger partial charge in [-0.2, -0.15) is 0 Å². The van der Waals surface area contributed by atoms with Crippen molar-refractivity contribution in [2.45, 2.75) is 64.3 Å². The zero-order valence-electron chi connectivity index (χ0n) is 15.8. The molecule has 3 aliphatic rings. The first-order valence-electron chi connectivity index (χ1n) is 10.1. The van der Waals surface area contributed by atoms with E-state index in [2.05, 4.69) is 46.7 Å². The fourth-order valence-electron chi connectivity index (χ4n) is 4.92. The number of aliphatic hydroxyl groups is 1. The molecule has 1 aromatic carbocycles. The minimum Gasteiger partial charge on any atom is -0.392 e. The summed E-state index contributed by atoms with van der Waals surface area (Å²) in [6, 6.07) is 8.17. The molecule has 4 rings (SSSR count). The normalized spacial score (nSPS) is 31.3. The molecule has 0 bridgehead atoms. The number of hydrogen-bond acceptors (Lipinski definition) is 4. The van der Waals surface area contributed by atoms with Crippen molar-refractivity contribution in [2.24, 2.45) is 0 Å². The van der Waals surface area contributed by atoms with E-state index in [4.69, 9.17) is 0 Å². The molecule has 1 aromatic rings. The summed E-state index contributed by atoms with van der Waals surface area (Å²) in [4.78, 5) is 7.64. The van der Waals surface area contributed by atoms with Crippen LogP contribution in [0.2, 0.25) is 0 Å². The molecule has 1 N–H and O–H groups in total. The molecule has 4 nitrogen and oxygen atoms in total. The third-order valence-corrected chi connectivity index (χ3v) is 6.49. The largest absolute Gasteiger partial charge is 0.392 e. The Balaban J connectivity index is 1.43. The van der Waals surface area contributed by atoms with Crippen LogP contribution in [0.5, 0.6) is 0 Å². The van der Waals surface area contributed by atoms with Gasteiger partial charge in [-0.1, -0.05) is 6.07 Å². The number of fused-ring (bicyclic) bond motifs is 1. The molecular weight excluding hydrogens is 310 g/mol. The van der Waals surface area contributed by atoms with Gasteiger partial charge < -0.3 is 10.0 Å². The molecule has 3 aliphatic heterocycles. The van der Waals surface area contributed by atoms with Gasteiger partial charge in [0.15, 0.2) is 0 Å². The van der Waals surface area contributed by atoms with E-state index >= 15 is 0 Å². The molecule has 4 heteroatoms. The number of piperidine rings is 1. The summed E-state index contributed by atoms with van der Waals surface area (Å²) < 4.78 is 0. The lowest BCUT2D eigenvalue weighted by molar-refractivity contribution is 0.0527. The molecule has 25 heavy (non-hydrogen) atoms. The molecule has 0 unspecified atom stereocenters. The van der Waals surface area contributed by atoms with Crippen molar-refractivity contribution < 1.29 is 5.11 Å². The molecule has 3 atom stereocenters. The van der Waals surface area contributed by atoms with Crippen molar-refractivity contribution >= 4 is 5.69 Å². The van der Waals surface area contributed by atoms with Crippen molar-refractivity contribution in [3.63, 3.8) is 0 Å². The van der Waals surface area contributed by atoms with Crippen LogP contribution in [0.4, 0.5) is 5.69 Å². The number of aryl methyl sites for hydroxylation is 1. The molecule has 3 saturated heterocycles. The van der Waals surface area contributed by atoms with E-state index < -0.39 is 0 Å². The monoisotopic (exact) mass is 343 g/mol. The number of rotatable bonds is 3. The Labute approximate surface area is 152 Å². The maximum absolute atomic E-state index is 9.96. The van der Waals surface area contributed by atoms with E-state index in [9.17, 15) is 5.11 Å². The molecule has 138 valence electrons. The van der Waals surface area contributed by atoms with Gasteiger partial charge in [-0.3, -0.25) is 9.80 Å². The standard InChI is InChI=1S/C21H33N3O/c1-16-10-19(22-8-4-3-5-9-22)7-6-18(16)13-23-14-20-11-21(25)15-24(20)12-17(23)2/h6-7,10,17,20-21,25H,3-5,8-9,11-15H2,1-2H3/t17-,20+,21+/m0/s1. The average molecular weight is 344 g/mol. The third kappa shape index (κ3) is 3.71. The van der Waals surface area contributed by atoms with Crippen molar-refractivity contribution in [2.75, 3.05) is 37.6 Å². The maximum atomic E-state index is 9.96. The van der Waals surface area contributed by atoms with Crippen molar-refractivity contribution in [1.82, 2.24) is 9.80 Å². The number of benzene rings is 1. The van der Waals surface area contributed by atoms with Crippen molar-refractivity contribution in [3.8, 4) is 0 Å². The lowest BCUT2D eigenvalue weighted by Crippen LogP contribution is -2.54. The van der Waals surface area contributed by atoms with E-state index in [0.29, 0.717) is 12.1 Å². The second-order valence-electron chi connectivity index (χ2n) is 8.43. The fourth-order valence-corrected chi connectivity index (χ4v) is 4.92. The Morgan fingerprint density at radius 2 is 1.88 bits per heavy atom.